The number of hydrogen-bond acceptors (Lipinski definition) is 4. The Balaban J connectivity index is 1.70. The largest absolute Gasteiger partial charge is 0.598 e. The van der Waals surface area contributed by atoms with Crippen LogP contribution < -0.4 is 15.3 Å². The van der Waals surface area contributed by atoms with E-state index in [9.17, 15) is 17.4 Å². The highest BCUT2D eigenvalue weighted by molar-refractivity contribution is 7.91. The molecule has 0 aliphatic heterocycles. The highest BCUT2D eigenvalue weighted by Crippen LogP contribution is 2.45. The molecule has 0 radical (unpaired) electrons. The maximum Gasteiger partial charge on any atom is 0.268 e. The molecule has 0 aliphatic carbocycles. The minimum atomic E-state index is -4.10. The molecule has 6 aromatic rings. The van der Waals surface area contributed by atoms with Crippen molar-refractivity contribution in [1.82, 2.24) is 8.69 Å². The van der Waals surface area contributed by atoms with Crippen molar-refractivity contribution in [1.29, 1.82) is 0 Å². The first-order chi connectivity index (χ1) is 22.6. The number of nitrogens with zero attached hydrogens (tertiary/aromatic N) is 1. The molecule has 9 heteroatoms. The van der Waals surface area contributed by atoms with Crippen LogP contribution in [-0.4, -0.2) is 21.7 Å². The first kappa shape index (κ1) is 33.1. The van der Waals surface area contributed by atoms with E-state index < -0.39 is 45.9 Å². The van der Waals surface area contributed by atoms with Gasteiger partial charge in [0, 0.05) is 34.2 Å². The van der Waals surface area contributed by atoms with E-state index in [1.165, 1.54) is 16.1 Å². The standard InChI is InChI=1S/C38H36FN2O3PS2/c1-38(2,3)46(42)40-37(28-23-25-29(39)26-24-28)36-33-21-13-14-22-34(33)41(47(43,44)32-19-11-6-12-20-32)35(36)27-45(30-15-7-4-8-16-30)31-17-9-5-10-18-31/h4-26,37,40H,27H2,1-3H3/t37-,46?/m0/s1. The normalized spacial score (nSPS) is 13.6. The lowest BCUT2D eigenvalue weighted by molar-refractivity contribution is 0.535. The van der Waals surface area contributed by atoms with Crippen LogP contribution in [0.1, 0.15) is 43.6 Å². The summed E-state index contributed by atoms with van der Waals surface area (Å²) in [6.45, 7) is 5.64. The summed E-state index contributed by atoms with van der Waals surface area (Å²) in [7, 11) is -5.20. The number of para-hydroxylation sites is 1. The van der Waals surface area contributed by atoms with Crippen LogP contribution in [0.4, 0.5) is 4.39 Å². The maximum absolute atomic E-state index is 14.8. The molecule has 5 nitrogen and oxygen atoms in total. The van der Waals surface area contributed by atoms with E-state index >= 15 is 0 Å². The van der Waals surface area contributed by atoms with Crippen LogP contribution in [0.3, 0.4) is 0 Å². The minimum absolute atomic E-state index is 0.168. The smallest absolute Gasteiger partial charge is 0.268 e. The van der Waals surface area contributed by atoms with Gasteiger partial charge in [0.05, 0.1) is 10.4 Å². The molecule has 1 N–H and O–H groups in total. The average molecular weight is 683 g/mol. The Bertz CT molecular complexity index is 2030. The van der Waals surface area contributed by atoms with Gasteiger partial charge in [0.25, 0.3) is 10.0 Å². The summed E-state index contributed by atoms with van der Waals surface area (Å²) in [5.41, 5.74) is 2.48. The van der Waals surface area contributed by atoms with Crippen LogP contribution >= 0.6 is 7.92 Å². The summed E-state index contributed by atoms with van der Waals surface area (Å²) in [6, 6.07) is 41.6. The summed E-state index contributed by atoms with van der Waals surface area (Å²) < 4.78 is 61.8. The van der Waals surface area contributed by atoms with Gasteiger partial charge < -0.3 is 4.55 Å². The second-order valence-electron chi connectivity index (χ2n) is 12.2. The molecule has 2 atom stereocenters. The number of aromatic nitrogens is 1. The molecule has 0 saturated heterocycles. The van der Waals surface area contributed by atoms with E-state index in [2.05, 4.69) is 29.0 Å². The van der Waals surface area contributed by atoms with E-state index in [1.807, 2.05) is 81.4 Å². The molecule has 0 saturated carbocycles. The SMILES string of the molecule is CC(C)(C)[S+]([O-])N[C@@H](c1ccc(F)cc1)c1c(CP(c2ccccc2)c2ccccc2)n(S(=O)(=O)c2ccccc2)c2ccccc12. The van der Waals surface area contributed by atoms with Crippen molar-refractivity contribution in [3.63, 3.8) is 0 Å². The molecular weight excluding hydrogens is 647 g/mol. The van der Waals surface area contributed by atoms with Crippen molar-refractivity contribution in [3.8, 4) is 0 Å². The topological polar surface area (TPSA) is 74.2 Å². The van der Waals surface area contributed by atoms with Crippen molar-refractivity contribution < 1.29 is 17.4 Å². The van der Waals surface area contributed by atoms with Gasteiger partial charge in [0.2, 0.25) is 0 Å². The Morgan fingerprint density at radius 2 is 1.28 bits per heavy atom. The number of benzene rings is 5. The zero-order valence-corrected chi connectivity index (χ0v) is 28.9. The van der Waals surface area contributed by atoms with Crippen LogP contribution in [-0.2, 0) is 27.5 Å². The van der Waals surface area contributed by atoms with Gasteiger partial charge in [-0.05, 0) is 75.2 Å². The van der Waals surface area contributed by atoms with E-state index in [-0.39, 0.29) is 4.90 Å². The van der Waals surface area contributed by atoms with E-state index in [0.29, 0.717) is 33.9 Å². The molecule has 0 spiro atoms. The van der Waals surface area contributed by atoms with Gasteiger partial charge in [-0.15, -0.1) is 4.72 Å². The molecule has 6 rings (SSSR count). The molecule has 1 heterocycles. The number of halogens is 1. The van der Waals surface area contributed by atoms with Crippen LogP contribution in [0.15, 0.2) is 144 Å². The lowest BCUT2D eigenvalue weighted by Crippen LogP contribution is -2.41. The Hall–Kier alpha value is -3.78. The monoisotopic (exact) mass is 682 g/mol. The summed E-state index contributed by atoms with van der Waals surface area (Å²) >= 11 is -1.55. The highest BCUT2D eigenvalue weighted by atomic mass is 32.2. The number of nitrogens with one attached hydrogen (secondary N) is 1. The molecular formula is C38H36FN2O3PS2. The third-order valence-electron chi connectivity index (χ3n) is 7.97. The van der Waals surface area contributed by atoms with Gasteiger partial charge in [0.15, 0.2) is 0 Å². The van der Waals surface area contributed by atoms with Gasteiger partial charge in [-0.2, -0.15) is 0 Å². The molecule has 47 heavy (non-hydrogen) atoms. The van der Waals surface area contributed by atoms with E-state index in [1.54, 1.807) is 42.5 Å². The molecule has 0 bridgehead atoms. The van der Waals surface area contributed by atoms with E-state index in [4.69, 9.17) is 0 Å². The van der Waals surface area contributed by atoms with Crippen molar-refractivity contribution in [3.05, 3.63) is 162 Å². The summed E-state index contributed by atoms with van der Waals surface area (Å²) in [5.74, 6) is -0.393. The first-order valence-corrected chi connectivity index (χ1v) is 19.4. The molecule has 1 unspecified atom stereocenters. The number of fused-ring (bicyclic) bond motifs is 1. The Morgan fingerprint density at radius 3 is 1.83 bits per heavy atom. The van der Waals surface area contributed by atoms with Crippen LogP contribution in [0.2, 0.25) is 0 Å². The highest BCUT2D eigenvalue weighted by Gasteiger charge is 2.37. The lowest BCUT2D eigenvalue weighted by atomic mass is 9.97. The molecule has 0 aliphatic rings. The van der Waals surface area contributed by atoms with Gasteiger partial charge in [-0.1, -0.05) is 109 Å². The third-order valence-corrected chi connectivity index (χ3v) is 13.8. The molecule has 240 valence electrons. The quantitative estimate of drug-likeness (QED) is 0.118. The second-order valence-corrected chi connectivity index (χ2v) is 18.2. The Labute approximate surface area is 280 Å². The van der Waals surface area contributed by atoms with Gasteiger partial charge in [-0.3, -0.25) is 0 Å². The van der Waals surface area contributed by atoms with Crippen molar-refractivity contribution in [2.45, 2.75) is 42.6 Å². The lowest BCUT2D eigenvalue weighted by Gasteiger charge is -2.29. The van der Waals surface area contributed by atoms with Gasteiger partial charge >= 0.3 is 0 Å². The fraction of sp³-hybridized carbons (Fsp3) is 0.158. The fourth-order valence-electron chi connectivity index (χ4n) is 5.66. The Morgan fingerprint density at radius 1 is 0.766 bits per heavy atom. The molecule has 0 amide bonds. The van der Waals surface area contributed by atoms with Crippen LogP contribution in [0.25, 0.3) is 10.9 Å². The summed E-state index contributed by atoms with van der Waals surface area (Å²) in [5, 5.41) is 2.90. The minimum Gasteiger partial charge on any atom is -0.598 e. The zero-order valence-electron chi connectivity index (χ0n) is 26.4. The number of rotatable bonds is 10. The van der Waals surface area contributed by atoms with Crippen LogP contribution in [0.5, 0.6) is 0 Å². The van der Waals surface area contributed by atoms with Crippen molar-refractivity contribution in [2.24, 2.45) is 0 Å². The summed E-state index contributed by atoms with van der Waals surface area (Å²) in [4.78, 5) is 0.168. The average Bonchev–Trinajstić information content (AvgIpc) is 3.41. The molecule has 5 aromatic carbocycles. The Kier molecular flexibility index (Phi) is 9.70. The zero-order chi connectivity index (χ0) is 33.2. The van der Waals surface area contributed by atoms with Crippen LogP contribution in [0, 0.1) is 5.82 Å². The van der Waals surface area contributed by atoms with Gasteiger partial charge in [0.1, 0.15) is 16.6 Å². The van der Waals surface area contributed by atoms with Gasteiger partial charge in [-0.25, -0.2) is 16.8 Å². The van der Waals surface area contributed by atoms with E-state index in [0.717, 1.165) is 10.6 Å². The molecule has 0 fully saturated rings. The second kappa shape index (κ2) is 13.8. The van der Waals surface area contributed by atoms with Crippen molar-refractivity contribution in [2.75, 3.05) is 0 Å². The predicted octanol–water partition coefficient (Wildman–Crippen LogP) is 7.79. The third kappa shape index (κ3) is 6.94. The molecule has 1 aromatic heterocycles. The number of hydrogen-bond donors (Lipinski definition) is 1. The van der Waals surface area contributed by atoms with Crippen molar-refractivity contribution >= 4 is 50.8 Å². The first-order valence-electron chi connectivity index (χ1n) is 15.3. The summed E-state index contributed by atoms with van der Waals surface area (Å²) in [6.07, 6.45) is 0.376. The fourth-order valence-corrected chi connectivity index (χ4v) is 10.5. The maximum atomic E-state index is 14.8. The predicted molar refractivity (Wildman–Crippen MR) is 193 cm³/mol.